The Kier molecular flexibility index (Phi) is 4.41. The number of thiazole rings is 1. The molecule has 140 valence electrons. The molecular weight excluding hydrogens is 391 g/mol. The van der Waals surface area contributed by atoms with Crippen molar-refractivity contribution in [1.82, 2.24) is 4.98 Å². The summed E-state index contributed by atoms with van der Waals surface area (Å²) in [7, 11) is 0. The molecule has 0 saturated heterocycles. The van der Waals surface area contributed by atoms with Gasteiger partial charge in [0.05, 0.1) is 28.8 Å². The first-order chi connectivity index (χ1) is 13.5. The zero-order chi connectivity index (χ0) is 19.7. The molecule has 3 heterocycles. The van der Waals surface area contributed by atoms with Gasteiger partial charge in [-0.2, -0.15) is 10.1 Å². The number of carbonyl (C=O) groups is 1. The number of rotatable bonds is 5. The molecule has 0 spiro atoms. The molecule has 0 fully saturated rings. The van der Waals surface area contributed by atoms with E-state index in [0.29, 0.717) is 10.2 Å². The van der Waals surface area contributed by atoms with Crippen LogP contribution in [-0.2, 0) is 0 Å². The van der Waals surface area contributed by atoms with Gasteiger partial charge in [-0.3, -0.25) is 14.9 Å². The summed E-state index contributed by atoms with van der Waals surface area (Å²) in [6, 6.07) is 9.54. The van der Waals surface area contributed by atoms with E-state index < -0.39 is 22.5 Å². The van der Waals surface area contributed by atoms with Crippen molar-refractivity contribution < 1.29 is 22.9 Å². The molecule has 0 aliphatic rings. The van der Waals surface area contributed by atoms with Crippen LogP contribution in [0.15, 0.2) is 62.7 Å². The van der Waals surface area contributed by atoms with Gasteiger partial charge in [-0.25, -0.2) is 9.37 Å². The van der Waals surface area contributed by atoms with Gasteiger partial charge in [-0.1, -0.05) is 11.3 Å². The third-order valence-corrected chi connectivity index (χ3v) is 4.53. The Morgan fingerprint density at radius 2 is 2.18 bits per heavy atom. The summed E-state index contributed by atoms with van der Waals surface area (Å²) in [5, 5.41) is 15.9. The minimum absolute atomic E-state index is 0.00742. The van der Waals surface area contributed by atoms with Crippen LogP contribution in [-0.4, -0.2) is 22.0 Å². The molecule has 0 aliphatic carbocycles. The van der Waals surface area contributed by atoms with Gasteiger partial charge in [0.25, 0.3) is 0 Å². The molecule has 28 heavy (non-hydrogen) atoms. The molecule has 0 radical (unpaired) electrons. The number of nitrogens with zero attached hydrogens (tertiary/aromatic N) is 4. The maximum atomic E-state index is 13.5. The summed E-state index contributed by atoms with van der Waals surface area (Å²) in [6.07, 6.45) is 2.47. The molecule has 4 aromatic rings. The molecular formula is C17H9FN4O5S. The van der Waals surface area contributed by atoms with E-state index in [-0.39, 0.29) is 16.7 Å². The Labute approximate surface area is 159 Å². The standard InChI is InChI=1S/C17H9FN4O5S/c18-10-3-5-12-14(8-10)28-17(20-12)21(16(23)13-2-1-7-26-13)19-9-11-4-6-15(27-11)22(24)25/h1-9H/b19-9+. The van der Waals surface area contributed by atoms with Crippen molar-refractivity contribution in [3.63, 3.8) is 0 Å². The Morgan fingerprint density at radius 1 is 1.32 bits per heavy atom. The zero-order valence-corrected chi connectivity index (χ0v) is 14.6. The van der Waals surface area contributed by atoms with Crippen LogP contribution in [0.3, 0.4) is 0 Å². The molecule has 0 atom stereocenters. The lowest BCUT2D eigenvalue weighted by molar-refractivity contribution is -0.402. The number of hydrogen-bond acceptors (Lipinski definition) is 8. The van der Waals surface area contributed by atoms with Crippen molar-refractivity contribution >= 4 is 44.7 Å². The van der Waals surface area contributed by atoms with Crippen LogP contribution in [0.1, 0.15) is 16.3 Å². The maximum Gasteiger partial charge on any atom is 0.433 e. The highest BCUT2D eigenvalue weighted by molar-refractivity contribution is 7.22. The van der Waals surface area contributed by atoms with E-state index in [2.05, 4.69) is 10.1 Å². The molecule has 0 N–H and O–H groups in total. The molecule has 4 rings (SSSR count). The van der Waals surface area contributed by atoms with Gasteiger partial charge in [0.2, 0.25) is 5.13 Å². The first kappa shape index (κ1) is 17.5. The number of fused-ring (bicyclic) bond motifs is 1. The summed E-state index contributed by atoms with van der Waals surface area (Å²) in [5.74, 6) is -1.44. The summed E-state index contributed by atoms with van der Waals surface area (Å²) < 4.78 is 24.1. The predicted molar refractivity (Wildman–Crippen MR) is 98.1 cm³/mol. The highest BCUT2D eigenvalue weighted by atomic mass is 32.1. The molecule has 0 aliphatic heterocycles. The first-order valence-corrected chi connectivity index (χ1v) is 8.55. The molecule has 9 nitrogen and oxygen atoms in total. The van der Waals surface area contributed by atoms with Gasteiger partial charge in [-0.15, -0.1) is 0 Å². The highest BCUT2D eigenvalue weighted by Crippen LogP contribution is 2.30. The van der Waals surface area contributed by atoms with Crippen molar-refractivity contribution in [3.8, 4) is 0 Å². The Balaban J connectivity index is 1.73. The fraction of sp³-hybridized carbons (Fsp3) is 0. The summed E-state index contributed by atoms with van der Waals surface area (Å²) in [4.78, 5) is 27.1. The fourth-order valence-electron chi connectivity index (χ4n) is 2.29. The smallest absolute Gasteiger partial charge is 0.433 e. The van der Waals surface area contributed by atoms with Crippen molar-refractivity contribution in [2.45, 2.75) is 0 Å². The number of hydrazone groups is 1. The zero-order valence-electron chi connectivity index (χ0n) is 13.8. The molecule has 1 aromatic carbocycles. The number of hydrogen-bond donors (Lipinski definition) is 0. The molecule has 11 heteroatoms. The largest absolute Gasteiger partial charge is 0.459 e. The number of anilines is 1. The van der Waals surface area contributed by atoms with E-state index >= 15 is 0 Å². The summed E-state index contributed by atoms with van der Waals surface area (Å²) in [5.41, 5.74) is 0.488. The van der Waals surface area contributed by atoms with Crippen LogP contribution in [0.5, 0.6) is 0 Å². The van der Waals surface area contributed by atoms with Crippen LogP contribution in [0.25, 0.3) is 10.2 Å². The van der Waals surface area contributed by atoms with Gasteiger partial charge >= 0.3 is 11.8 Å². The van der Waals surface area contributed by atoms with Gasteiger partial charge in [0.1, 0.15) is 10.7 Å². The quantitative estimate of drug-likeness (QED) is 0.282. The Bertz CT molecular complexity index is 1200. The van der Waals surface area contributed by atoms with Crippen molar-refractivity contribution in [2.75, 3.05) is 5.01 Å². The number of furan rings is 2. The predicted octanol–water partition coefficient (Wildman–Crippen LogP) is 4.21. The Morgan fingerprint density at radius 3 is 2.89 bits per heavy atom. The minimum atomic E-state index is -0.689. The number of aromatic nitrogens is 1. The lowest BCUT2D eigenvalue weighted by atomic mass is 10.3. The van der Waals surface area contributed by atoms with Crippen molar-refractivity contribution in [1.29, 1.82) is 0 Å². The van der Waals surface area contributed by atoms with Crippen LogP contribution in [0.2, 0.25) is 0 Å². The van der Waals surface area contributed by atoms with E-state index in [4.69, 9.17) is 8.83 Å². The lowest BCUT2D eigenvalue weighted by Gasteiger charge is -2.11. The van der Waals surface area contributed by atoms with E-state index in [1.54, 1.807) is 6.07 Å². The monoisotopic (exact) mass is 400 g/mol. The fourth-order valence-corrected chi connectivity index (χ4v) is 3.24. The molecule has 3 aromatic heterocycles. The molecule has 0 saturated carbocycles. The third-order valence-electron chi connectivity index (χ3n) is 3.54. The van der Waals surface area contributed by atoms with Gasteiger partial charge < -0.3 is 8.83 Å². The van der Waals surface area contributed by atoms with Crippen molar-refractivity contribution in [3.05, 3.63) is 76.2 Å². The average Bonchev–Trinajstić information content (AvgIpc) is 3.41. The maximum absolute atomic E-state index is 13.5. The van der Waals surface area contributed by atoms with Crippen LogP contribution >= 0.6 is 11.3 Å². The molecule has 0 bridgehead atoms. The van der Waals surface area contributed by atoms with Gasteiger partial charge in [-0.05, 0) is 36.4 Å². The minimum Gasteiger partial charge on any atom is -0.459 e. The topological polar surface area (TPSA) is 115 Å². The number of nitro groups is 1. The third kappa shape index (κ3) is 3.38. The summed E-state index contributed by atoms with van der Waals surface area (Å²) >= 11 is 1.05. The second-order valence-corrected chi connectivity index (χ2v) is 6.39. The highest BCUT2D eigenvalue weighted by Gasteiger charge is 2.23. The van der Waals surface area contributed by atoms with E-state index in [9.17, 15) is 19.3 Å². The second-order valence-electron chi connectivity index (χ2n) is 5.38. The average molecular weight is 400 g/mol. The SMILES string of the molecule is O=C(c1ccco1)N(/N=C/c1ccc([N+](=O)[O-])o1)c1nc2ccc(F)cc2s1. The number of halogens is 1. The molecule has 0 unspecified atom stereocenters. The first-order valence-electron chi connectivity index (χ1n) is 7.73. The number of carbonyl (C=O) groups excluding carboxylic acids is 1. The molecule has 1 amide bonds. The second kappa shape index (κ2) is 7.04. The van der Waals surface area contributed by atoms with E-state index in [0.717, 1.165) is 22.6 Å². The number of amides is 1. The Hall–Kier alpha value is -3.86. The van der Waals surface area contributed by atoms with E-state index in [1.165, 1.54) is 42.7 Å². The van der Waals surface area contributed by atoms with E-state index in [1.807, 2.05) is 0 Å². The number of benzene rings is 1. The van der Waals surface area contributed by atoms with Crippen LogP contribution in [0.4, 0.5) is 15.4 Å². The normalized spacial score (nSPS) is 11.3. The summed E-state index contributed by atoms with van der Waals surface area (Å²) in [6.45, 7) is 0. The van der Waals surface area contributed by atoms with Crippen LogP contribution < -0.4 is 5.01 Å². The van der Waals surface area contributed by atoms with Crippen LogP contribution in [0, 0.1) is 15.9 Å². The van der Waals surface area contributed by atoms with Gasteiger partial charge in [0.15, 0.2) is 11.5 Å². The van der Waals surface area contributed by atoms with Gasteiger partial charge in [0, 0.05) is 0 Å². The lowest BCUT2D eigenvalue weighted by Crippen LogP contribution is -2.25. The van der Waals surface area contributed by atoms with Crippen molar-refractivity contribution in [2.24, 2.45) is 5.10 Å².